The molecule has 0 atom stereocenters. The molecule has 0 amide bonds. The van der Waals surface area contributed by atoms with Gasteiger partial charge in [-0.1, -0.05) is 0 Å². The van der Waals surface area contributed by atoms with Gasteiger partial charge in [0.15, 0.2) is 0 Å². The van der Waals surface area contributed by atoms with E-state index in [0.29, 0.717) is 17.0 Å². The Bertz CT molecular complexity index is 1120. The van der Waals surface area contributed by atoms with E-state index < -0.39 is 10.0 Å². The van der Waals surface area contributed by atoms with Gasteiger partial charge in [0, 0.05) is 29.6 Å². The predicted octanol–water partition coefficient (Wildman–Crippen LogP) is 3.74. The SMILES string of the molecule is COc1cc(NS(=O)(=O)c2ccc(C#N)cc2)ccc1-c1cnccc1C. The molecular formula is C20H17N3O3S. The van der Waals surface area contributed by atoms with Gasteiger partial charge in [0.2, 0.25) is 0 Å². The highest BCUT2D eigenvalue weighted by molar-refractivity contribution is 7.92. The average Bonchev–Trinajstić information content (AvgIpc) is 2.68. The van der Waals surface area contributed by atoms with E-state index in [2.05, 4.69) is 9.71 Å². The Labute approximate surface area is 158 Å². The Morgan fingerprint density at radius 1 is 1.07 bits per heavy atom. The summed E-state index contributed by atoms with van der Waals surface area (Å²) in [6.45, 7) is 1.97. The number of anilines is 1. The molecule has 0 aliphatic carbocycles. The Hall–Kier alpha value is -3.37. The van der Waals surface area contributed by atoms with Crippen LogP contribution in [-0.4, -0.2) is 20.5 Å². The number of methoxy groups -OCH3 is 1. The van der Waals surface area contributed by atoms with Crippen LogP contribution in [0.5, 0.6) is 5.75 Å². The maximum atomic E-state index is 12.6. The van der Waals surface area contributed by atoms with Crippen LogP contribution in [-0.2, 0) is 10.0 Å². The van der Waals surface area contributed by atoms with Crippen LogP contribution in [0, 0.1) is 18.3 Å². The fraction of sp³-hybridized carbons (Fsp3) is 0.100. The number of nitrogens with one attached hydrogen (secondary N) is 1. The van der Waals surface area contributed by atoms with Crippen LogP contribution in [0.1, 0.15) is 11.1 Å². The lowest BCUT2D eigenvalue weighted by Gasteiger charge is -2.14. The van der Waals surface area contributed by atoms with Crippen LogP contribution in [0.3, 0.4) is 0 Å². The molecule has 136 valence electrons. The molecule has 0 radical (unpaired) electrons. The third-order valence-electron chi connectivity index (χ3n) is 4.08. The van der Waals surface area contributed by atoms with Gasteiger partial charge in [-0.3, -0.25) is 9.71 Å². The summed E-state index contributed by atoms with van der Waals surface area (Å²) in [5, 5.41) is 8.83. The van der Waals surface area contributed by atoms with E-state index in [4.69, 9.17) is 10.00 Å². The summed E-state index contributed by atoms with van der Waals surface area (Å²) in [6.07, 6.45) is 3.46. The number of ether oxygens (including phenoxy) is 1. The number of rotatable bonds is 5. The molecule has 1 aromatic heterocycles. The zero-order valence-corrected chi connectivity index (χ0v) is 15.6. The molecule has 1 N–H and O–H groups in total. The van der Waals surface area contributed by atoms with Crippen molar-refractivity contribution < 1.29 is 13.2 Å². The van der Waals surface area contributed by atoms with Crippen LogP contribution in [0.25, 0.3) is 11.1 Å². The lowest BCUT2D eigenvalue weighted by molar-refractivity contribution is 0.416. The van der Waals surface area contributed by atoms with Gasteiger partial charge in [-0.25, -0.2) is 8.42 Å². The summed E-state index contributed by atoms with van der Waals surface area (Å²) in [5.41, 5.74) is 3.54. The number of aromatic nitrogens is 1. The van der Waals surface area contributed by atoms with Crippen LogP contribution in [0.4, 0.5) is 5.69 Å². The highest BCUT2D eigenvalue weighted by Gasteiger charge is 2.16. The summed E-state index contributed by atoms with van der Waals surface area (Å²) in [4.78, 5) is 4.22. The molecule has 1 heterocycles. The number of hydrogen-bond acceptors (Lipinski definition) is 5. The first-order chi connectivity index (χ1) is 12.9. The standard InChI is InChI=1S/C20H17N3O3S/c1-14-9-10-22-13-19(14)18-8-5-16(11-20(18)26-2)23-27(24,25)17-6-3-15(12-21)4-7-17/h3-11,13,23H,1-2H3. The van der Waals surface area contributed by atoms with Crippen molar-refractivity contribution in [1.29, 1.82) is 5.26 Å². The van der Waals surface area contributed by atoms with Crippen LogP contribution in [0.15, 0.2) is 65.8 Å². The van der Waals surface area contributed by atoms with Crippen molar-refractivity contribution in [3.05, 3.63) is 72.1 Å². The largest absolute Gasteiger partial charge is 0.496 e. The van der Waals surface area contributed by atoms with E-state index >= 15 is 0 Å². The fourth-order valence-corrected chi connectivity index (χ4v) is 3.70. The Morgan fingerprint density at radius 2 is 1.81 bits per heavy atom. The van der Waals surface area contributed by atoms with Crippen LogP contribution < -0.4 is 9.46 Å². The molecular weight excluding hydrogens is 362 g/mol. The molecule has 7 heteroatoms. The van der Waals surface area contributed by atoms with Crippen molar-refractivity contribution in [1.82, 2.24) is 4.98 Å². The number of sulfonamides is 1. The van der Waals surface area contributed by atoms with Crippen LogP contribution >= 0.6 is 0 Å². The van der Waals surface area contributed by atoms with Gasteiger partial charge in [0.1, 0.15) is 5.75 Å². The quantitative estimate of drug-likeness (QED) is 0.729. The topological polar surface area (TPSA) is 92.1 Å². The number of pyridine rings is 1. The second kappa shape index (κ2) is 7.48. The molecule has 0 spiro atoms. The van der Waals surface area contributed by atoms with Gasteiger partial charge in [-0.15, -0.1) is 0 Å². The van der Waals surface area contributed by atoms with E-state index in [1.54, 1.807) is 30.6 Å². The zero-order valence-electron chi connectivity index (χ0n) is 14.8. The molecule has 2 aromatic carbocycles. The second-order valence-electron chi connectivity index (χ2n) is 5.85. The number of benzene rings is 2. The number of nitriles is 1. The molecule has 3 rings (SSSR count). The first-order valence-corrected chi connectivity index (χ1v) is 9.55. The van der Waals surface area contributed by atoms with Gasteiger partial charge in [-0.2, -0.15) is 5.26 Å². The minimum atomic E-state index is -3.78. The number of aryl methyl sites for hydroxylation is 1. The lowest BCUT2D eigenvalue weighted by atomic mass is 10.0. The summed E-state index contributed by atoms with van der Waals surface area (Å²) < 4.78 is 33.1. The molecule has 0 fully saturated rings. The molecule has 0 saturated heterocycles. The molecule has 0 saturated carbocycles. The van der Waals surface area contributed by atoms with Crippen molar-refractivity contribution in [3.63, 3.8) is 0 Å². The lowest BCUT2D eigenvalue weighted by Crippen LogP contribution is -2.13. The number of hydrogen-bond donors (Lipinski definition) is 1. The molecule has 3 aromatic rings. The van der Waals surface area contributed by atoms with E-state index in [9.17, 15) is 8.42 Å². The normalized spacial score (nSPS) is 10.9. The summed E-state index contributed by atoms with van der Waals surface area (Å²) >= 11 is 0. The molecule has 6 nitrogen and oxygen atoms in total. The van der Waals surface area contributed by atoms with E-state index in [-0.39, 0.29) is 4.90 Å². The maximum Gasteiger partial charge on any atom is 0.261 e. The molecule has 0 unspecified atom stereocenters. The smallest absolute Gasteiger partial charge is 0.261 e. The van der Waals surface area contributed by atoms with E-state index in [1.165, 1.54) is 31.4 Å². The summed E-state index contributed by atoms with van der Waals surface area (Å²) in [7, 11) is -2.25. The van der Waals surface area contributed by atoms with E-state index in [0.717, 1.165) is 16.7 Å². The minimum absolute atomic E-state index is 0.0765. The van der Waals surface area contributed by atoms with Gasteiger partial charge in [0.25, 0.3) is 10.0 Å². The Kier molecular flexibility index (Phi) is 5.10. The maximum absolute atomic E-state index is 12.6. The van der Waals surface area contributed by atoms with Crippen molar-refractivity contribution in [2.45, 2.75) is 11.8 Å². The average molecular weight is 379 g/mol. The Balaban J connectivity index is 1.94. The monoisotopic (exact) mass is 379 g/mol. The minimum Gasteiger partial charge on any atom is -0.496 e. The fourth-order valence-electron chi connectivity index (χ4n) is 2.65. The summed E-state index contributed by atoms with van der Waals surface area (Å²) in [5.74, 6) is 0.533. The number of nitrogens with zero attached hydrogens (tertiary/aromatic N) is 2. The highest BCUT2D eigenvalue weighted by Crippen LogP contribution is 2.34. The third kappa shape index (κ3) is 3.91. The first kappa shape index (κ1) is 18.4. The molecule has 0 bridgehead atoms. The third-order valence-corrected chi connectivity index (χ3v) is 5.47. The predicted molar refractivity (Wildman–Crippen MR) is 103 cm³/mol. The van der Waals surface area contributed by atoms with Crippen LogP contribution in [0.2, 0.25) is 0 Å². The van der Waals surface area contributed by atoms with Crippen molar-refractivity contribution in [2.75, 3.05) is 11.8 Å². The first-order valence-electron chi connectivity index (χ1n) is 8.06. The zero-order chi connectivity index (χ0) is 19.4. The molecule has 0 aliphatic rings. The molecule has 0 aliphatic heterocycles. The highest BCUT2D eigenvalue weighted by atomic mass is 32.2. The van der Waals surface area contributed by atoms with Crippen molar-refractivity contribution >= 4 is 15.7 Å². The second-order valence-corrected chi connectivity index (χ2v) is 7.53. The van der Waals surface area contributed by atoms with Crippen molar-refractivity contribution in [2.24, 2.45) is 0 Å². The van der Waals surface area contributed by atoms with Gasteiger partial charge in [0.05, 0.1) is 29.3 Å². The summed E-state index contributed by atoms with van der Waals surface area (Å²) in [6, 6.07) is 14.7. The van der Waals surface area contributed by atoms with Gasteiger partial charge < -0.3 is 4.74 Å². The molecule has 27 heavy (non-hydrogen) atoms. The van der Waals surface area contributed by atoms with Crippen molar-refractivity contribution in [3.8, 4) is 22.9 Å². The van der Waals surface area contributed by atoms with E-state index in [1.807, 2.05) is 19.1 Å². The van der Waals surface area contributed by atoms with Gasteiger partial charge in [-0.05, 0) is 55.0 Å². The van der Waals surface area contributed by atoms with Gasteiger partial charge >= 0.3 is 0 Å². The Morgan fingerprint density at radius 3 is 2.44 bits per heavy atom.